The minimum Gasteiger partial charge on any atom is -0.349 e. The van der Waals surface area contributed by atoms with Gasteiger partial charge in [0.15, 0.2) is 9.84 Å². The SMILES string of the molecule is CN(C)C(=O)CCCS(=O)(=O)Cc1nccn1Cc1ccccc1. The number of amides is 1. The Morgan fingerprint density at radius 1 is 1.21 bits per heavy atom. The van der Waals surface area contributed by atoms with Crippen molar-refractivity contribution < 1.29 is 13.2 Å². The Balaban J connectivity index is 1.95. The molecule has 0 bridgehead atoms. The first-order chi connectivity index (χ1) is 11.4. The molecule has 0 fully saturated rings. The maximum absolute atomic E-state index is 12.3. The number of carbonyl (C=O) groups excluding carboxylic acids is 1. The molecule has 1 heterocycles. The van der Waals surface area contributed by atoms with Crippen molar-refractivity contribution in [3.05, 3.63) is 54.1 Å². The van der Waals surface area contributed by atoms with E-state index in [0.717, 1.165) is 5.56 Å². The first-order valence-corrected chi connectivity index (χ1v) is 9.64. The molecule has 2 aromatic rings. The number of carbonyl (C=O) groups is 1. The van der Waals surface area contributed by atoms with Crippen LogP contribution in [0.15, 0.2) is 42.7 Å². The van der Waals surface area contributed by atoms with Crippen LogP contribution in [-0.2, 0) is 26.9 Å². The minimum atomic E-state index is -3.29. The summed E-state index contributed by atoms with van der Waals surface area (Å²) in [5.74, 6) is 0.349. The highest BCUT2D eigenvalue weighted by atomic mass is 32.2. The van der Waals surface area contributed by atoms with E-state index in [2.05, 4.69) is 4.98 Å². The van der Waals surface area contributed by atoms with Crippen molar-refractivity contribution in [1.82, 2.24) is 14.5 Å². The molecular weight excluding hydrogens is 326 g/mol. The third-order valence-electron chi connectivity index (χ3n) is 3.69. The summed E-state index contributed by atoms with van der Waals surface area (Å²) in [5, 5.41) is 0. The Labute approximate surface area is 143 Å². The first kappa shape index (κ1) is 18.2. The second-order valence-corrected chi connectivity index (χ2v) is 8.12. The summed E-state index contributed by atoms with van der Waals surface area (Å²) >= 11 is 0. The van der Waals surface area contributed by atoms with Crippen LogP contribution >= 0.6 is 0 Å². The Morgan fingerprint density at radius 2 is 1.92 bits per heavy atom. The van der Waals surface area contributed by atoms with Crippen LogP contribution in [-0.4, -0.2) is 48.6 Å². The minimum absolute atomic E-state index is 0.00915. The normalized spacial score (nSPS) is 11.4. The van der Waals surface area contributed by atoms with Gasteiger partial charge in [0, 0.05) is 39.5 Å². The average molecular weight is 349 g/mol. The number of hydrogen-bond donors (Lipinski definition) is 0. The van der Waals surface area contributed by atoms with Gasteiger partial charge in [0.05, 0.1) is 5.75 Å². The first-order valence-electron chi connectivity index (χ1n) is 7.82. The highest BCUT2D eigenvalue weighted by Crippen LogP contribution is 2.10. The van der Waals surface area contributed by atoms with Crippen molar-refractivity contribution >= 4 is 15.7 Å². The number of rotatable bonds is 8. The molecule has 7 heteroatoms. The van der Waals surface area contributed by atoms with Gasteiger partial charge in [-0.3, -0.25) is 4.79 Å². The van der Waals surface area contributed by atoms with Gasteiger partial charge in [-0.25, -0.2) is 13.4 Å². The van der Waals surface area contributed by atoms with Crippen LogP contribution in [0.25, 0.3) is 0 Å². The Morgan fingerprint density at radius 3 is 2.58 bits per heavy atom. The van der Waals surface area contributed by atoms with Crippen LogP contribution < -0.4 is 0 Å². The summed E-state index contributed by atoms with van der Waals surface area (Å²) in [6, 6.07) is 9.82. The van der Waals surface area contributed by atoms with Crippen molar-refractivity contribution in [3.8, 4) is 0 Å². The molecule has 2 rings (SSSR count). The van der Waals surface area contributed by atoms with Gasteiger partial charge >= 0.3 is 0 Å². The summed E-state index contributed by atoms with van der Waals surface area (Å²) in [6.45, 7) is 0.588. The van der Waals surface area contributed by atoms with E-state index in [1.807, 2.05) is 34.9 Å². The van der Waals surface area contributed by atoms with E-state index in [-0.39, 0.29) is 23.8 Å². The summed E-state index contributed by atoms with van der Waals surface area (Å²) in [7, 11) is 0.0331. The maximum atomic E-state index is 12.3. The van der Waals surface area contributed by atoms with Gasteiger partial charge in [-0.15, -0.1) is 0 Å². The smallest absolute Gasteiger partial charge is 0.222 e. The predicted molar refractivity (Wildman–Crippen MR) is 93.2 cm³/mol. The summed E-state index contributed by atoms with van der Waals surface area (Å²) < 4.78 is 26.4. The number of aromatic nitrogens is 2. The highest BCUT2D eigenvalue weighted by Gasteiger charge is 2.17. The quantitative estimate of drug-likeness (QED) is 0.727. The molecule has 0 saturated heterocycles. The fourth-order valence-corrected chi connectivity index (χ4v) is 3.70. The van der Waals surface area contributed by atoms with Gasteiger partial charge < -0.3 is 9.47 Å². The lowest BCUT2D eigenvalue weighted by Gasteiger charge is -2.11. The van der Waals surface area contributed by atoms with Gasteiger partial charge in [0.1, 0.15) is 11.6 Å². The second-order valence-electron chi connectivity index (χ2n) is 5.94. The van der Waals surface area contributed by atoms with E-state index >= 15 is 0 Å². The van der Waals surface area contributed by atoms with Crippen molar-refractivity contribution in [3.63, 3.8) is 0 Å². The Hall–Kier alpha value is -2.15. The number of hydrogen-bond acceptors (Lipinski definition) is 4. The molecule has 0 spiro atoms. The van der Waals surface area contributed by atoms with E-state index in [9.17, 15) is 13.2 Å². The molecule has 1 aromatic carbocycles. The number of imidazole rings is 1. The van der Waals surface area contributed by atoms with Gasteiger partial charge in [0.2, 0.25) is 5.91 Å². The molecule has 1 aromatic heterocycles. The highest BCUT2D eigenvalue weighted by molar-refractivity contribution is 7.90. The van der Waals surface area contributed by atoms with E-state index in [4.69, 9.17) is 0 Å². The zero-order valence-electron chi connectivity index (χ0n) is 14.1. The fraction of sp³-hybridized carbons (Fsp3) is 0.412. The van der Waals surface area contributed by atoms with Crippen LogP contribution in [0, 0.1) is 0 Å². The molecule has 0 aliphatic heterocycles. The zero-order chi connectivity index (χ0) is 17.6. The van der Waals surface area contributed by atoms with Crippen molar-refractivity contribution in [2.24, 2.45) is 0 Å². The second kappa shape index (κ2) is 8.10. The third kappa shape index (κ3) is 5.49. The maximum Gasteiger partial charge on any atom is 0.222 e. The molecule has 0 radical (unpaired) electrons. The Bertz CT molecular complexity index is 767. The lowest BCUT2D eigenvalue weighted by atomic mass is 10.2. The molecule has 24 heavy (non-hydrogen) atoms. The lowest BCUT2D eigenvalue weighted by molar-refractivity contribution is -0.128. The van der Waals surface area contributed by atoms with Gasteiger partial charge in [0.25, 0.3) is 0 Å². The van der Waals surface area contributed by atoms with E-state index in [0.29, 0.717) is 18.8 Å². The predicted octanol–water partition coefficient (Wildman–Crippen LogP) is 1.71. The Kier molecular flexibility index (Phi) is 6.14. The molecule has 6 nitrogen and oxygen atoms in total. The fourth-order valence-electron chi connectivity index (χ4n) is 2.34. The van der Waals surface area contributed by atoms with Crippen LogP contribution in [0.2, 0.25) is 0 Å². The van der Waals surface area contributed by atoms with Crippen LogP contribution in [0.5, 0.6) is 0 Å². The molecule has 130 valence electrons. The number of sulfone groups is 1. The lowest BCUT2D eigenvalue weighted by Crippen LogP contribution is -2.22. The summed E-state index contributed by atoms with van der Waals surface area (Å²) in [4.78, 5) is 17.2. The van der Waals surface area contributed by atoms with Crippen LogP contribution in [0.3, 0.4) is 0 Å². The van der Waals surface area contributed by atoms with Crippen molar-refractivity contribution in [2.75, 3.05) is 19.8 Å². The largest absolute Gasteiger partial charge is 0.349 e. The van der Waals surface area contributed by atoms with Gasteiger partial charge in [-0.1, -0.05) is 30.3 Å². The number of benzene rings is 1. The topological polar surface area (TPSA) is 72.3 Å². The third-order valence-corrected chi connectivity index (χ3v) is 5.30. The van der Waals surface area contributed by atoms with Gasteiger partial charge in [-0.2, -0.15) is 0 Å². The number of nitrogens with zero attached hydrogens (tertiary/aromatic N) is 3. The molecule has 0 unspecified atom stereocenters. The van der Waals surface area contributed by atoms with Crippen LogP contribution in [0.4, 0.5) is 0 Å². The molecule has 0 saturated carbocycles. The molecule has 0 aliphatic carbocycles. The monoisotopic (exact) mass is 349 g/mol. The summed E-state index contributed by atoms with van der Waals surface area (Å²) in [6.07, 6.45) is 3.97. The van der Waals surface area contributed by atoms with E-state index < -0.39 is 9.84 Å². The average Bonchev–Trinajstić information content (AvgIpc) is 2.94. The molecule has 0 atom stereocenters. The molecule has 1 amide bonds. The van der Waals surface area contributed by atoms with E-state index in [1.165, 1.54) is 4.90 Å². The zero-order valence-corrected chi connectivity index (χ0v) is 14.9. The summed E-state index contributed by atoms with van der Waals surface area (Å²) in [5.41, 5.74) is 1.09. The van der Waals surface area contributed by atoms with Gasteiger partial charge in [-0.05, 0) is 12.0 Å². The molecular formula is C17H23N3O3S. The van der Waals surface area contributed by atoms with Crippen molar-refractivity contribution in [1.29, 1.82) is 0 Å². The standard InChI is InChI=1S/C17H23N3O3S/c1-19(2)17(21)9-6-12-24(22,23)14-16-18-10-11-20(16)13-15-7-4-3-5-8-15/h3-5,7-8,10-11H,6,9,12-14H2,1-2H3. The van der Waals surface area contributed by atoms with Crippen molar-refractivity contribution in [2.45, 2.75) is 25.1 Å². The van der Waals surface area contributed by atoms with E-state index in [1.54, 1.807) is 26.5 Å². The molecule has 0 N–H and O–H groups in total. The molecule has 0 aliphatic rings. The van der Waals surface area contributed by atoms with Crippen LogP contribution in [0.1, 0.15) is 24.2 Å².